The zero-order valence-corrected chi connectivity index (χ0v) is 36.5. The number of esters is 1. The number of hydrogen-bond donors (Lipinski definition) is 1. The van der Waals surface area contributed by atoms with Gasteiger partial charge in [0.25, 0.3) is 5.91 Å². The van der Waals surface area contributed by atoms with Gasteiger partial charge >= 0.3 is 11.9 Å². The number of fused-ring (bicyclic) bond motifs is 7. The number of hydrogen-bond acceptors (Lipinski definition) is 6. The number of allylic oxidation sites excluding steroid dienone is 2. The van der Waals surface area contributed by atoms with Crippen molar-refractivity contribution in [3.05, 3.63) is 47.0 Å². The first-order valence-electron chi connectivity index (χ1n) is 21.8. The van der Waals surface area contributed by atoms with Crippen LogP contribution in [0, 0.1) is 62.6 Å². The summed E-state index contributed by atoms with van der Waals surface area (Å²) in [5, 5.41) is 9.63. The lowest BCUT2D eigenvalue weighted by Crippen LogP contribution is -2.65. The lowest BCUT2D eigenvalue weighted by atomic mass is 9.33. The molecule has 1 aromatic carbocycles. The second-order valence-electron chi connectivity index (χ2n) is 21.2. The quantitative estimate of drug-likeness (QED) is 0.211. The Morgan fingerprint density at radius 2 is 1.52 bits per heavy atom. The van der Waals surface area contributed by atoms with E-state index >= 15 is 0 Å². The molecule has 8 nitrogen and oxygen atoms in total. The van der Waals surface area contributed by atoms with Crippen LogP contribution in [-0.2, 0) is 19.1 Å². The number of amides is 1. The van der Waals surface area contributed by atoms with Gasteiger partial charge in [0.05, 0.1) is 11.8 Å². The number of ether oxygens (including phenoxy) is 1. The van der Waals surface area contributed by atoms with Gasteiger partial charge in [-0.3, -0.25) is 19.2 Å². The molecular formula is C48H72N2O6. The van der Waals surface area contributed by atoms with Crippen LogP contribution < -0.4 is 0 Å². The molecule has 0 aliphatic heterocycles. The molecule has 1 amide bonds. The summed E-state index contributed by atoms with van der Waals surface area (Å²) in [7, 11) is 4.07. The van der Waals surface area contributed by atoms with Crippen LogP contribution in [0.2, 0.25) is 0 Å². The molecule has 310 valence electrons. The van der Waals surface area contributed by atoms with E-state index in [0.717, 1.165) is 63.5 Å². The third-order valence-electron chi connectivity index (χ3n) is 16.8. The number of rotatable bonds is 12. The maximum absolute atomic E-state index is 14.7. The average molecular weight is 773 g/mol. The Kier molecular flexibility index (Phi) is 11.6. The Morgan fingerprint density at radius 1 is 0.857 bits per heavy atom. The molecule has 4 fully saturated rings. The second kappa shape index (κ2) is 15.3. The van der Waals surface area contributed by atoms with Gasteiger partial charge in [-0.15, -0.1) is 0 Å². The highest BCUT2D eigenvalue weighted by Crippen LogP contribution is 2.75. The normalized spacial score (nSPS) is 35.1. The fourth-order valence-electron chi connectivity index (χ4n) is 13.6. The maximum Gasteiger partial charge on any atom is 0.309 e. The molecule has 5 aliphatic rings. The minimum Gasteiger partial charge on any atom is -0.481 e. The van der Waals surface area contributed by atoms with Crippen LogP contribution in [0.1, 0.15) is 137 Å². The van der Waals surface area contributed by atoms with E-state index in [1.54, 1.807) is 13.8 Å². The van der Waals surface area contributed by atoms with Crippen molar-refractivity contribution < 1.29 is 29.0 Å². The SMILES string of the molecule is CC(C)C1=C2C(CC[C@]3(C)[C@@H]2CC[C@@H]2[C@@]4(C)CC[C@H](OC(=O)CC(C)(C)C(=O)O)C(C)(C)[C@@H]4CC[C@]23C)[C@H](CCN(CCN(C)C)C(=O)c2ccccc2)C1=O. The van der Waals surface area contributed by atoms with E-state index in [0.29, 0.717) is 48.6 Å². The van der Waals surface area contributed by atoms with Crippen molar-refractivity contribution in [1.29, 1.82) is 0 Å². The van der Waals surface area contributed by atoms with Crippen LogP contribution >= 0.6 is 0 Å². The first kappa shape index (κ1) is 42.6. The predicted octanol–water partition coefficient (Wildman–Crippen LogP) is 9.33. The Hall–Kier alpha value is -3.00. The molecule has 0 saturated heterocycles. The van der Waals surface area contributed by atoms with Gasteiger partial charge in [0, 0.05) is 36.5 Å². The van der Waals surface area contributed by atoms with Crippen molar-refractivity contribution in [2.75, 3.05) is 33.7 Å². The van der Waals surface area contributed by atoms with Gasteiger partial charge in [-0.1, -0.05) is 72.2 Å². The topological polar surface area (TPSA) is 104 Å². The van der Waals surface area contributed by atoms with Crippen molar-refractivity contribution in [2.24, 2.45) is 62.6 Å². The molecule has 0 heterocycles. The smallest absolute Gasteiger partial charge is 0.309 e. The third kappa shape index (κ3) is 7.10. The van der Waals surface area contributed by atoms with Crippen molar-refractivity contribution in [2.45, 2.75) is 133 Å². The van der Waals surface area contributed by atoms with Gasteiger partial charge in [0.15, 0.2) is 5.78 Å². The highest BCUT2D eigenvalue weighted by Gasteiger charge is 2.69. The number of carbonyl (C=O) groups excluding carboxylic acids is 3. The summed E-state index contributed by atoms with van der Waals surface area (Å²) in [6, 6.07) is 9.56. The van der Waals surface area contributed by atoms with Crippen molar-refractivity contribution >= 4 is 23.6 Å². The lowest BCUT2D eigenvalue weighted by molar-refractivity contribution is -0.232. The molecule has 0 radical (unpaired) electrons. The Labute approximate surface area is 337 Å². The number of carboxylic acid groups (broad SMARTS) is 1. The molecule has 0 aromatic heterocycles. The predicted molar refractivity (Wildman–Crippen MR) is 221 cm³/mol. The van der Waals surface area contributed by atoms with E-state index in [1.807, 2.05) is 49.3 Å². The van der Waals surface area contributed by atoms with Crippen molar-refractivity contribution in [1.82, 2.24) is 9.80 Å². The number of likely N-dealkylation sites (N-methyl/N-ethyl adjacent to an activating group) is 1. The summed E-state index contributed by atoms with van der Waals surface area (Å²) in [5.41, 5.74) is 2.16. The van der Waals surface area contributed by atoms with Crippen molar-refractivity contribution in [3.8, 4) is 0 Å². The van der Waals surface area contributed by atoms with Gasteiger partial charge in [-0.2, -0.15) is 0 Å². The maximum atomic E-state index is 14.7. The summed E-state index contributed by atoms with van der Waals surface area (Å²) < 4.78 is 6.19. The monoisotopic (exact) mass is 773 g/mol. The number of nitrogens with zero attached hydrogens (tertiary/aromatic N) is 2. The van der Waals surface area contributed by atoms with E-state index in [-0.39, 0.29) is 57.8 Å². The summed E-state index contributed by atoms with van der Waals surface area (Å²) in [6.07, 6.45) is 8.72. The average Bonchev–Trinajstić information content (AvgIpc) is 3.40. The minimum atomic E-state index is -1.16. The summed E-state index contributed by atoms with van der Waals surface area (Å²) >= 11 is 0. The van der Waals surface area contributed by atoms with Gasteiger partial charge in [-0.05, 0) is 149 Å². The fraction of sp³-hybridized carbons (Fsp3) is 0.750. The van der Waals surface area contributed by atoms with Crippen molar-refractivity contribution in [3.63, 3.8) is 0 Å². The van der Waals surface area contributed by atoms with Crippen LogP contribution in [0.15, 0.2) is 41.5 Å². The third-order valence-corrected chi connectivity index (χ3v) is 16.8. The first-order chi connectivity index (χ1) is 26.1. The molecule has 1 N–H and O–H groups in total. The van der Waals surface area contributed by atoms with Crippen LogP contribution in [-0.4, -0.2) is 78.4 Å². The van der Waals surface area contributed by atoms with Gasteiger partial charge in [0.1, 0.15) is 6.10 Å². The zero-order chi connectivity index (χ0) is 41.2. The van der Waals surface area contributed by atoms with Crippen LogP contribution in [0.3, 0.4) is 0 Å². The number of carboxylic acids is 1. The zero-order valence-electron chi connectivity index (χ0n) is 36.5. The molecule has 0 bridgehead atoms. The van der Waals surface area contributed by atoms with E-state index < -0.39 is 17.4 Å². The Balaban J connectivity index is 1.23. The molecule has 8 heteroatoms. The highest BCUT2D eigenvalue weighted by atomic mass is 16.5. The Morgan fingerprint density at radius 3 is 2.14 bits per heavy atom. The van der Waals surface area contributed by atoms with Gasteiger partial charge in [0.2, 0.25) is 0 Å². The summed E-state index contributed by atoms with van der Waals surface area (Å²) in [5.74, 6) is 0.633. The molecule has 1 aromatic rings. The lowest BCUT2D eigenvalue weighted by Gasteiger charge is -2.71. The molecular weight excluding hydrogens is 701 g/mol. The van der Waals surface area contributed by atoms with E-state index in [2.05, 4.69) is 53.4 Å². The van der Waals surface area contributed by atoms with E-state index in [9.17, 15) is 24.3 Å². The molecule has 6 rings (SSSR count). The molecule has 56 heavy (non-hydrogen) atoms. The van der Waals surface area contributed by atoms with Crippen LogP contribution in [0.25, 0.3) is 0 Å². The molecule has 9 atom stereocenters. The summed E-state index contributed by atoms with van der Waals surface area (Å²) in [4.78, 5) is 57.4. The van der Waals surface area contributed by atoms with Crippen LogP contribution in [0.4, 0.5) is 0 Å². The highest BCUT2D eigenvalue weighted by molar-refractivity contribution is 6.02. The number of Topliss-reactive ketones (excluding diaryl/α,β-unsaturated/α-hetero) is 1. The molecule has 0 spiro atoms. The van der Waals surface area contributed by atoms with Gasteiger partial charge in [-0.25, -0.2) is 0 Å². The standard InChI is InChI=1S/C48H72N2O6/c1-30(2)39-40-32(33(41(39)52)22-26-50(28-27-49(10)11)42(53)31-15-13-12-14-16-31)19-24-47(8)34(40)17-18-36-46(7)23-21-37(56-38(51)29-44(3,4)43(54)55)45(5,6)35(46)20-25-48(36,47)9/h12-16,30,32-37H,17-29H2,1-11H3,(H,54,55)/t32?,33-,34+,35-,36+,37-,46-,47+,48+/m0/s1. The number of carbonyl (C=O) groups is 4. The first-order valence-corrected chi connectivity index (χ1v) is 21.8. The van der Waals surface area contributed by atoms with Crippen LogP contribution in [0.5, 0.6) is 0 Å². The van der Waals surface area contributed by atoms with Gasteiger partial charge < -0.3 is 19.6 Å². The fourth-order valence-corrected chi connectivity index (χ4v) is 13.6. The number of aliphatic carboxylic acids is 1. The minimum absolute atomic E-state index is 0.0410. The van der Waals surface area contributed by atoms with E-state index in [1.165, 1.54) is 5.57 Å². The second-order valence-corrected chi connectivity index (χ2v) is 21.2. The van der Waals surface area contributed by atoms with E-state index in [4.69, 9.17) is 4.74 Å². The molecule has 1 unspecified atom stereocenters. The largest absolute Gasteiger partial charge is 0.481 e. The summed E-state index contributed by atoms with van der Waals surface area (Å²) in [6.45, 7) is 21.9. The Bertz CT molecular complexity index is 1710. The number of ketones is 1. The number of benzene rings is 1. The molecule has 5 aliphatic carbocycles. The molecule has 4 saturated carbocycles.